The topological polar surface area (TPSA) is 125 Å². The Morgan fingerprint density at radius 2 is 2.32 bits per heavy atom. The minimum absolute atomic E-state index is 0.0132. The van der Waals surface area contributed by atoms with E-state index in [1.807, 2.05) is 0 Å². The summed E-state index contributed by atoms with van der Waals surface area (Å²) in [6.45, 7) is 1.50. The van der Waals surface area contributed by atoms with Gasteiger partial charge < -0.3 is 5.11 Å². The Morgan fingerprint density at radius 1 is 1.58 bits per heavy atom. The number of carbonyl (C=O) groups is 1. The first-order valence-electron chi connectivity index (χ1n) is 5.08. The van der Waals surface area contributed by atoms with E-state index in [1.54, 1.807) is 6.92 Å². The molecule has 0 saturated carbocycles. The van der Waals surface area contributed by atoms with Gasteiger partial charge in [-0.1, -0.05) is 0 Å². The van der Waals surface area contributed by atoms with Crippen molar-refractivity contribution in [1.82, 2.24) is 19.9 Å². The van der Waals surface area contributed by atoms with E-state index in [0.29, 0.717) is 10.7 Å². The van der Waals surface area contributed by atoms with Crippen LogP contribution in [0.5, 0.6) is 0 Å². The Balaban J connectivity index is 2.11. The lowest BCUT2D eigenvalue weighted by Gasteiger charge is -2.01. The van der Waals surface area contributed by atoms with Gasteiger partial charge in [-0.3, -0.25) is 5.10 Å². The monoisotopic (exact) mass is 302 g/mol. The van der Waals surface area contributed by atoms with Gasteiger partial charge in [-0.25, -0.2) is 22.9 Å². The van der Waals surface area contributed by atoms with Gasteiger partial charge in [-0.15, -0.1) is 11.3 Å². The van der Waals surface area contributed by atoms with Gasteiger partial charge in [0.25, 0.3) is 0 Å². The van der Waals surface area contributed by atoms with Crippen LogP contribution in [0.1, 0.15) is 20.4 Å². The molecule has 2 heterocycles. The normalized spacial score (nSPS) is 11.6. The molecule has 8 nitrogen and oxygen atoms in total. The van der Waals surface area contributed by atoms with Crippen LogP contribution in [0.25, 0.3) is 0 Å². The smallest absolute Gasteiger partial charge is 0.347 e. The highest BCUT2D eigenvalue weighted by molar-refractivity contribution is 7.89. The molecule has 0 bridgehead atoms. The molecule has 0 aliphatic heterocycles. The van der Waals surface area contributed by atoms with Gasteiger partial charge in [0.2, 0.25) is 10.0 Å². The molecular weight excluding hydrogens is 292 g/mol. The van der Waals surface area contributed by atoms with E-state index in [0.717, 1.165) is 11.3 Å². The molecule has 19 heavy (non-hydrogen) atoms. The largest absolute Gasteiger partial charge is 0.477 e. The van der Waals surface area contributed by atoms with Crippen LogP contribution < -0.4 is 4.72 Å². The third-order valence-electron chi connectivity index (χ3n) is 2.23. The molecule has 0 saturated heterocycles. The molecule has 0 unspecified atom stereocenters. The zero-order valence-corrected chi connectivity index (χ0v) is 11.4. The first-order chi connectivity index (χ1) is 8.90. The average molecular weight is 302 g/mol. The minimum atomic E-state index is -3.66. The molecule has 0 aliphatic rings. The molecule has 0 aliphatic carbocycles. The number of aromatic carboxylic acids is 1. The van der Waals surface area contributed by atoms with Crippen molar-refractivity contribution in [2.45, 2.75) is 18.4 Å². The number of rotatable bonds is 5. The fourth-order valence-corrected chi connectivity index (χ4v) is 3.18. The lowest BCUT2D eigenvalue weighted by molar-refractivity contribution is 0.0701. The standard InChI is InChI=1S/C9H10N4O4S2/c1-5-8(9(14)15)18-7(13-5)4-12-19(16,17)6-2-10-11-3-6/h2-3,12H,4H2,1H3,(H,10,11)(H,14,15). The van der Waals surface area contributed by atoms with Gasteiger partial charge in [0.1, 0.15) is 14.8 Å². The summed E-state index contributed by atoms with van der Waals surface area (Å²) in [7, 11) is -3.66. The molecule has 2 aromatic heterocycles. The maximum absolute atomic E-state index is 11.8. The minimum Gasteiger partial charge on any atom is -0.477 e. The lowest BCUT2D eigenvalue weighted by atomic mass is 10.4. The van der Waals surface area contributed by atoms with E-state index in [1.165, 1.54) is 12.4 Å². The highest BCUT2D eigenvalue weighted by Crippen LogP contribution is 2.18. The summed E-state index contributed by atoms with van der Waals surface area (Å²) in [6, 6.07) is 0. The van der Waals surface area contributed by atoms with Gasteiger partial charge in [0.15, 0.2) is 0 Å². The summed E-state index contributed by atoms with van der Waals surface area (Å²) in [5, 5.41) is 15.2. The fourth-order valence-electron chi connectivity index (χ4n) is 1.35. The number of sulfonamides is 1. The van der Waals surface area contributed by atoms with Gasteiger partial charge in [-0.2, -0.15) is 5.10 Å². The molecular formula is C9H10N4O4S2. The highest BCUT2D eigenvalue weighted by Gasteiger charge is 2.18. The van der Waals surface area contributed by atoms with E-state index in [9.17, 15) is 13.2 Å². The van der Waals surface area contributed by atoms with Gasteiger partial charge in [0.05, 0.1) is 18.4 Å². The summed E-state index contributed by atoms with van der Waals surface area (Å²) in [5.41, 5.74) is 0.370. The van der Waals surface area contributed by atoms with E-state index < -0.39 is 16.0 Å². The number of aromatic nitrogens is 3. The van der Waals surface area contributed by atoms with Crippen LogP contribution in [0.15, 0.2) is 17.3 Å². The van der Waals surface area contributed by atoms with Crippen LogP contribution in [0.2, 0.25) is 0 Å². The predicted molar refractivity (Wildman–Crippen MR) is 66.4 cm³/mol. The van der Waals surface area contributed by atoms with E-state index in [4.69, 9.17) is 5.11 Å². The molecule has 0 fully saturated rings. The third-order valence-corrected chi connectivity index (χ3v) is 4.75. The number of H-pyrrole nitrogens is 1. The Bertz CT molecular complexity index is 690. The van der Waals surface area contributed by atoms with Gasteiger partial charge >= 0.3 is 5.97 Å². The number of thiazole rings is 1. The third kappa shape index (κ3) is 2.97. The molecule has 2 rings (SSSR count). The van der Waals surface area contributed by atoms with Crippen LogP contribution in [0.3, 0.4) is 0 Å². The second kappa shape index (κ2) is 5.07. The second-order valence-electron chi connectivity index (χ2n) is 3.59. The Labute approximate surface area is 112 Å². The number of hydrogen-bond donors (Lipinski definition) is 3. The zero-order chi connectivity index (χ0) is 14.0. The molecule has 0 atom stereocenters. The highest BCUT2D eigenvalue weighted by atomic mass is 32.2. The summed E-state index contributed by atoms with van der Waals surface area (Å²) < 4.78 is 25.9. The van der Waals surface area contributed by atoms with E-state index in [-0.39, 0.29) is 16.3 Å². The van der Waals surface area contributed by atoms with Gasteiger partial charge in [-0.05, 0) is 6.92 Å². The lowest BCUT2D eigenvalue weighted by Crippen LogP contribution is -2.22. The number of aromatic amines is 1. The summed E-state index contributed by atoms with van der Waals surface area (Å²) in [5.74, 6) is -1.07. The van der Waals surface area contributed by atoms with Crippen molar-refractivity contribution in [3.63, 3.8) is 0 Å². The number of nitrogens with zero attached hydrogens (tertiary/aromatic N) is 2. The van der Waals surface area contributed by atoms with Crippen molar-refractivity contribution >= 4 is 27.3 Å². The average Bonchev–Trinajstić information content (AvgIpc) is 2.95. The van der Waals surface area contributed by atoms with E-state index >= 15 is 0 Å². The molecule has 2 aromatic rings. The quantitative estimate of drug-likeness (QED) is 0.732. The maximum Gasteiger partial charge on any atom is 0.347 e. The van der Waals surface area contributed by atoms with Crippen molar-refractivity contribution in [2.75, 3.05) is 0 Å². The van der Waals surface area contributed by atoms with Crippen molar-refractivity contribution < 1.29 is 18.3 Å². The van der Waals surface area contributed by atoms with E-state index in [2.05, 4.69) is 19.9 Å². The molecule has 0 aromatic carbocycles. The van der Waals surface area contributed by atoms with Crippen LogP contribution >= 0.6 is 11.3 Å². The first kappa shape index (κ1) is 13.6. The fraction of sp³-hybridized carbons (Fsp3) is 0.222. The van der Waals surface area contributed by atoms with Crippen LogP contribution in [-0.2, 0) is 16.6 Å². The number of aryl methyl sites for hydroxylation is 1. The molecule has 0 spiro atoms. The molecule has 3 N–H and O–H groups in total. The van der Waals surface area contributed by atoms with Crippen LogP contribution in [0.4, 0.5) is 0 Å². The molecule has 102 valence electrons. The van der Waals surface area contributed by atoms with Crippen molar-refractivity contribution in [1.29, 1.82) is 0 Å². The summed E-state index contributed by atoms with van der Waals surface area (Å²) in [6.07, 6.45) is 2.43. The molecule has 0 amide bonds. The van der Waals surface area contributed by atoms with Crippen LogP contribution in [-0.4, -0.2) is 34.7 Å². The maximum atomic E-state index is 11.8. The number of hydrogen-bond acceptors (Lipinski definition) is 6. The zero-order valence-electron chi connectivity index (χ0n) is 9.74. The van der Waals surface area contributed by atoms with Crippen molar-refractivity contribution in [2.24, 2.45) is 0 Å². The molecule has 10 heteroatoms. The molecule has 0 radical (unpaired) electrons. The first-order valence-corrected chi connectivity index (χ1v) is 7.38. The number of carboxylic acid groups (broad SMARTS) is 1. The summed E-state index contributed by atoms with van der Waals surface area (Å²) >= 11 is 0.945. The van der Waals surface area contributed by atoms with Gasteiger partial charge in [0, 0.05) is 6.20 Å². The summed E-state index contributed by atoms with van der Waals surface area (Å²) in [4.78, 5) is 15.0. The Morgan fingerprint density at radius 3 is 2.84 bits per heavy atom. The van der Waals surface area contributed by atoms with Crippen LogP contribution in [0, 0.1) is 6.92 Å². The number of carboxylic acids is 1. The second-order valence-corrected chi connectivity index (χ2v) is 6.44. The SMILES string of the molecule is Cc1nc(CNS(=O)(=O)c2cn[nH]c2)sc1C(=O)O. The number of nitrogens with one attached hydrogen (secondary N) is 2. The predicted octanol–water partition coefficient (Wildman–Crippen LogP) is 0.351. The van der Waals surface area contributed by atoms with Crippen molar-refractivity contribution in [3.05, 3.63) is 28.0 Å². The Kier molecular flexibility index (Phi) is 3.64. The Hall–Kier alpha value is -1.78. The van der Waals surface area contributed by atoms with Crippen molar-refractivity contribution in [3.8, 4) is 0 Å².